The van der Waals surface area contributed by atoms with E-state index in [1.165, 1.54) is 43.4 Å². The zero-order valence-electron chi connectivity index (χ0n) is 9.11. The Balaban J connectivity index is 1.64. The molecule has 0 N–H and O–H groups in total. The third kappa shape index (κ3) is 2.57. The first-order valence-corrected chi connectivity index (χ1v) is 7.04. The standard InChI is InChI=1S/C14H18S/c1-3-11(4-1)9-12-5-2-6-14(10-12)15-13-7-8-13/h2,5-6,10-11,13H,1,3-4,7-9H2. The molecule has 2 aliphatic rings. The molecule has 0 radical (unpaired) electrons. The van der Waals surface area contributed by atoms with Gasteiger partial charge in [0.25, 0.3) is 0 Å². The molecule has 0 aliphatic heterocycles. The van der Waals surface area contributed by atoms with Crippen LogP contribution in [-0.4, -0.2) is 5.25 Å². The lowest BCUT2D eigenvalue weighted by molar-refractivity contribution is 0.314. The highest BCUT2D eigenvalue weighted by Crippen LogP contribution is 2.39. The molecule has 0 atom stereocenters. The van der Waals surface area contributed by atoms with Crippen LogP contribution in [0.15, 0.2) is 29.2 Å². The Labute approximate surface area is 96.5 Å². The van der Waals surface area contributed by atoms with Crippen molar-refractivity contribution in [3.63, 3.8) is 0 Å². The Bertz CT molecular complexity index is 337. The smallest absolute Gasteiger partial charge is 0.00952 e. The van der Waals surface area contributed by atoms with Crippen LogP contribution in [0, 0.1) is 5.92 Å². The molecule has 80 valence electrons. The zero-order chi connectivity index (χ0) is 10.1. The van der Waals surface area contributed by atoms with Crippen LogP contribution in [-0.2, 0) is 6.42 Å². The molecule has 2 aliphatic carbocycles. The van der Waals surface area contributed by atoms with E-state index in [0.717, 1.165) is 11.2 Å². The number of benzene rings is 1. The first-order valence-electron chi connectivity index (χ1n) is 6.16. The molecule has 1 heteroatoms. The van der Waals surface area contributed by atoms with Crippen LogP contribution in [0.4, 0.5) is 0 Å². The molecule has 2 saturated carbocycles. The van der Waals surface area contributed by atoms with Crippen LogP contribution < -0.4 is 0 Å². The van der Waals surface area contributed by atoms with Gasteiger partial charge in [-0.3, -0.25) is 0 Å². The van der Waals surface area contributed by atoms with Gasteiger partial charge >= 0.3 is 0 Å². The number of thioether (sulfide) groups is 1. The van der Waals surface area contributed by atoms with E-state index in [4.69, 9.17) is 0 Å². The zero-order valence-corrected chi connectivity index (χ0v) is 9.93. The highest BCUT2D eigenvalue weighted by molar-refractivity contribution is 8.00. The summed E-state index contributed by atoms with van der Waals surface area (Å²) < 4.78 is 0. The molecule has 2 fully saturated rings. The lowest BCUT2D eigenvalue weighted by Crippen LogP contribution is -2.13. The molecule has 1 aromatic rings. The maximum absolute atomic E-state index is 2.42. The maximum Gasteiger partial charge on any atom is 0.00952 e. The number of rotatable bonds is 4. The van der Waals surface area contributed by atoms with Crippen molar-refractivity contribution in [2.45, 2.75) is 48.7 Å². The minimum Gasteiger partial charge on any atom is -0.123 e. The maximum atomic E-state index is 2.42. The second-order valence-corrected chi connectivity index (χ2v) is 6.34. The predicted molar refractivity (Wildman–Crippen MR) is 66.4 cm³/mol. The summed E-state index contributed by atoms with van der Waals surface area (Å²) in [6, 6.07) is 9.22. The third-order valence-electron chi connectivity index (χ3n) is 3.47. The molecule has 0 nitrogen and oxygen atoms in total. The van der Waals surface area contributed by atoms with E-state index < -0.39 is 0 Å². The van der Waals surface area contributed by atoms with Crippen molar-refractivity contribution in [1.82, 2.24) is 0 Å². The highest BCUT2D eigenvalue weighted by atomic mass is 32.2. The molecule has 0 saturated heterocycles. The minimum atomic E-state index is 0.934. The monoisotopic (exact) mass is 218 g/mol. The quantitative estimate of drug-likeness (QED) is 0.726. The van der Waals surface area contributed by atoms with Crippen LogP contribution >= 0.6 is 11.8 Å². The molecule has 0 aromatic heterocycles. The number of hydrogen-bond donors (Lipinski definition) is 0. The fourth-order valence-corrected chi connectivity index (χ4v) is 3.29. The van der Waals surface area contributed by atoms with Crippen LogP contribution in [0.3, 0.4) is 0 Å². The van der Waals surface area contributed by atoms with Gasteiger partial charge in [-0.25, -0.2) is 0 Å². The topological polar surface area (TPSA) is 0 Å². The van der Waals surface area contributed by atoms with Gasteiger partial charge in [0.2, 0.25) is 0 Å². The summed E-state index contributed by atoms with van der Waals surface area (Å²) in [6.45, 7) is 0. The van der Waals surface area contributed by atoms with Crippen LogP contribution in [0.2, 0.25) is 0 Å². The van der Waals surface area contributed by atoms with Crippen molar-refractivity contribution < 1.29 is 0 Å². The largest absolute Gasteiger partial charge is 0.123 e. The van der Waals surface area contributed by atoms with Crippen LogP contribution in [0.25, 0.3) is 0 Å². The van der Waals surface area contributed by atoms with Gasteiger partial charge in [-0.15, -0.1) is 11.8 Å². The van der Waals surface area contributed by atoms with Crippen molar-refractivity contribution >= 4 is 11.8 Å². The molecule has 0 heterocycles. The normalized spacial score (nSPS) is 21.3. The lowest BCUT2D eigenvalue weighted by Gasteiger charge is -2.25. The molecule has 15 heavy (non-hydrogen) atoms. The third-order valence-corrected chi connectivity index (χ3v) is 4.81. The SMILES string of the molecule is c1cc(CC2CCC2)cc(SC2CC2)c1. The molecule has 1 aromatic carbocycles. The van der Waals surface area contributed by atoms with Crippen molar-refractivity contribution in [3.05, 3.63) is 29.8 Å². The minimum absolute atomic E-state index is 0.934. The van der Waals surface area contributed by atoms with Crippen molar-refractivity contribution in [2.75, 3.05) is 0 Å². The fourth-order valence-electron chi connectivity index (χ4n) is 2.15. The van der Waals surface area contributed by atoms with E-state index >= 15 is 0 Å². The highest BCUT2D eigenvalue weighted by Gasteiger charge is 2.22. The lowest BCUT2D eigenvalue weighted by atomic mass is 9.81. The van der Waals surface area contributed by atoms with Crippen LogP contribution in [0.5, 0.6) is 0 Å². The Kier molecular flexibility index (Phi) is 2.74. The second kappa shape index (κ2) is 4.21. The first kappa shape index (κ1) is 9.77. The Hall–Kier alpha value is -0.430. The van der Waals surface area contributed by atoms with E-state index in [9.17, 15) is 0 Å². The summed E-state index contributed by atoms with van der Waals surface area (Å²) in [6.07, 6.45) is 8.55. The summed E-state index contributed by atoms with van der Waals surface area (Å²) in [4.78, 5) is 1.49. The summed E-state index contributed by atoms with van der Waals surface area (Å²) in [5.74, 6) is 0.992. The van der Waals surface area contributed by atoms with Gasteiger partial charge in [0.05, 0.1) is 0 Å². The summed E-state index contributed by atoms with van der Waals surface area (Å²) >= 11 is 2.08. The Morgan fingerprint density at radius 1 is 1.13 bits per heavy atom. The van der Waals surface area contributed by atoms with Crippen molar-refractivity contribution in [1.29, 1.82) is 0 Å². The van der Waals surface area contributed by atoms with Gasteiger partial charge in [-0.2, -0.15) is 0 Å². The fraction of sp³-hybridized carbons (Fsp3) is 0.571. The van der Waals surface area contributed by atoms with Gasteiger partial charge in [0, 0.05) is 10.1 Å². The number of hydrogen-bond acceptors (Lipinski definition) is 1. The molecular weight excluding hydrogens is 200 g/mol. The van der Waals surface area contributed by atoms with E-state index in [2.05, 4.69) is 36.0 Å². The Morgan fingerprint density at radius 3 is 2.67 bits per heavy atom. The van der Waals surface area contributed by atoms with Gasteiger partial charge in [-0.1, -0.05) is 31.4 Å². The van der Waals surface area contributed by atoms with Crippen LogP contribution in [0.1, 0.15) is 37.7 Å². The predicted octanol–water partition coefficient (Wildman–Crippen LogP) is 4.28. The van der Waals surface area contributed by atoms with Gasteiger partial charge in [0.1, 0.15) is 0 Å². The van der Waals surface area contributed by atoms with E-state index in [0.29, 0.717) is 0 Å². The Morgan fingerprint density at radius 2 is 2.00 bits per heavy atom. The van der Waals surface area contributed by atoms with Crippen molar-refractivity contribution in [2.24, 2.45) is 5.92 Å². The molecular formula is C14H18S. The summed E-state index contributed by atoms with van der Waals surface area (Å²) in [5, 5.41) is 0.934. The summed E-state index contributed by atoms with van der Waals surface area (Å²) in [5.41, 5.74) is 1.56. The molecule has 3 rings (SSSR count). The summed E-state index contributed by atoms with van der Waals surface area (Å²) in [7, 11) is 0. The molecule has 0 amide bonds. The molecule has 0 bridgehead atoms. The average molecular weight is 218 g/mol. The average Bonchev–Trinajstić information content (AvgIpc) is 2.96. The second-order valence-electron chi connectivity index (χ2n) is 4.97. The molecule has 0 unspecified atom stereocenters. The van der Waals surface area contributed by atoms with E-state index in [-0.39, 0.29) is 0 Å². The molecule has 0 spiro atoms. The van der Waals surface area contributed by atoms with E-state index in [1.54, 1.807) is 5.56 Å². The van der Waals surface area contributed by atoms with Gasteiger partial charge in [0.15, 0.2) is 0 Å². The van der Waals surface area contributed by atoms with Gasteiger partial charge < -0.3 is 0 Å². The van der Waals surface area contributed by atoms with E-state index in [1.807, 2.05) is 0 Å². The first-order chi connectivity index (χ1) is 7.40. The van der Waals surface area contributed by atoms with Gasteiger partial charge in [-0.05, 0) is 42.9 Å². The van der Waals surface area contributed by atoms with Crippen molar-refractivity contribution in [3.8, 4) is 0 Å².